The van der Waals surface area contributed by atoms with Crippen LogP contribution in [0, 0.1) is 18.6 Å². The predicted molar refractivity (Wildman–Crippen MR) is 166 cm³/mol. The normalized spacial score (nSPS) is 10.8. The van der Waals surface area contributed by atoms with E-state index in [1.165, 1.54) is 12.1 Å². The second-order valence-electron chi connectivity index (χ2n) is 10.5. The molecule has 2 aliphatic rings. The van der Waals surface area contributed by atoms with E-state index in [9.17, 15) is 38.3 Å². The number of halogens is 2. The van der Waals surface area contributed by atoms with Gasteiger partial charge in [0.05, 0.1) is 5.69 Å². The molecule has 1 N–H and O–H groups in total. The van der Waals surface area contributed by atoms with Crippen LogP contribution in [0.25, 0.3) is 33.4 Å². The number of phenols is 1. The number of aryl methyl sites for hydroxylation is 1. The number of benzene rings is 3. The molecule has 0 bridgehead atoms. The summed E-state index contributed by atoms with van der Waals surface area (Å²) in [5, 5.41) is 11.3. The molecule has 0 unspecified atom stereocenters. The molecule has 1 heterocycles. The van der Waals surface area contributed by atoms with E-state index in [-0.39, 0.29) is 44.9 Å². The maximum absolute atomic E-state index is 15.3. The number of hydrogen-bond donors (Lipinski definition) is 1. The largest absolute Gasteiger partial charge is 0.506 e. The third kappa shape index (κ3) is 9.00. The highest BCUT2D eigenvalue weighted by Crippen LogP contribution is 2.45. The van der Waals surface area contributed by atoms with Crippen molar-refractivity contribution in [3.8, 4) is 33.9 Å². The van der Waals surface area contributed by atoms with Crippen LogP contribution >= 0.6 is 0 Å². The van der Waals surface area contributed by atoms with Gasteiger partial charge in [-0.1, -0.05) is 0 Å². The fourth-order valence-corrected chi connectivity index (χ4v) is 4.66. The molecule has 2 aromatic carbocycles. The first-order chi connectivity index (χ1) is 23.6. The number of carbonyl (C=O) groups excluding carboxylic acids is 5. The third-order valence-corrected chi connectivity index (χ3v) is 6.84. The van der Waals surface area contributed by atoms with E-state index in [1.54, 1.807) is 6.92 Å². The van der Waals surface area contributed by atoms with E-state index in [1.807, 2.05) is 0 Å². The van der Waals surface area contributed by atoms with Gasteiger partial charge in [-0.15, -0.1) is 0 Å². The third-order valence-electron chi connectivity index (χ3n) is 6.84. The highest BCUT2D eigenvalue weighted by Gasteiger charge is 2.26. The molecule has 0 saturated carbocycles. The van der Waals surface area contributed by atoms with Crippen molar-refractivity contribution in [2.75, 3.05) is 38.4 Å². The molecule has 0 amide bonds. The van der Waals surface area contributed by atoms with Crippen LogP contribution in [0.3, 0.4) is 0 Å². The molecule has 0 atom stereocenters. The van der Waals surface area contributed by atoms with Gasteiger partial charge >= 0.3 is 29.8 Å². The van der Waals surface area contributed by atoms with Crippen LogP contribution in [0.5, 0.6) is 11.5 Å². The molecule has 0 saturated heterocycles. The first-order valence-corrected chi connectivity index (χ1v) is 14.5. The summed E-state index contributed by atoms with van der Waals surface area (Å²) < 4.78 is 64.6. The van der Waals surface area contributed by atoms with Gasteiger partial charge in [0, 0.05) is 49.4 Å². The smallest absolute Gasteiger partial charge is 0.328 e. The van der Waals surface area contributed by atoms with E-state index in [4.69, 9.17) is 23.4 Å². The van der Waals surface area contributed by atoms with Crippen molar-refractivity contribution >= 4 is 46.5 Å². The average Bonchev–Trinajstić information content (AvgIpc) is 3.01. The van der Waals surface area contributed by atoms with Crippen molar-refractivity contribution in [3.05, 3.63) is 63.8 Å². The fraction of sp³-hybridized carbons (Fsp3) is 0.273. The molecule has 0 fully saturated rings. The van der Waals surface area contributed by atoms with Crippen molar-refractivity contribution in [1.82, 2.24) is 0 Å². The lowest BCUT2D eigenvalue weighted by molar-refractivity contribution is -0.165. The minimum atomic E-state index is -1.14. The Balaban J connectivity index is 1.82. The summed E-state index contributed by atoms with van der Waals surface area (Å²) in [7, 11) is 0. The van der Waals surface area contributed by atoms with Crippen LogP contribution in [0.2, 0.25) is 0 Å². The topological polar surface area (TPSA) is 194 Å². The average molecular weight is 702 g/mol. The lowest BCUT2D eigenvalue weighted by atomic mass is 9.90. The quantitative estimate of drug-likeness (QED) is 0.0917. The maximum Gasteiger partial charge on any atom is 0.328 e. The Labute approximate surface area is 281 Å². The van der Waals surface area contributed by atoms with Gasteiger partial charge in [-0.3, -0.25) is 28.8 Å². The summed E-state index contributed by atoms with van der Waals surface area (Å²) >= 11 is 0. The SMILES string of the molecule is CC(=O)OCOC(=O)CN(CC(=O)OCOC(C)=O)c1cc(C)c(-c2c3cc(F)c(=O)cc-3oc3cc(OCOC(C)=O)c(F)cc23)cc1O. The van der Waals surface area contributed by atoms with Crippen LogP contribution in [0.4, 0.5) is 14.5 Å². The number of aromatic hydroxyl groups is 1. The summed E-state index contributed by atoms with van der Waals surface area (Å²) in [5.74, 6) is -7.15. The Bertz CT molecular complexity index is 1970. The summed E-state index contributed by atoms with van der Waals surface area (Å²) in [4.78, 5) is 71.7. The van der Waals surface area contributed by atoms with Crippen molar-refractivity contribution in [2.24, 2.45) is 0 Å². The molecule has 17 heteroatoms. The molecule has 0 radical (unpaired) electrons. The van der Waals surface area contributed by atoms with Gasteiger partial charge in [-0.25, -0.2) is 8.78 Å². The van der Waals surface area contributed by atoms with Gasteiger partial charge < -0.3 is 42.8 Å². The first kappa shape index (κ1) is 36.6. The molecule has 0 spiro atoms. The summed E-state index contributed by atoms with van der Waals surface area (Å²) in [5.41, 5.74) is -0.455. The zero-order valence-corrected chi connectivity index (χ0v) is 27.0. The Morgan fingerprint density at radius 3 is 1.90 bits per heavy atom. The fourth-order valence-electron chi connectivity index (χ4n) is 4.66. The molecule has 2 aromatic rings. The number of anilines is 1. The molecule has 1 aliphatic carbocycles. The lowest BCUT2D eigenvalue weighted by Gasteiger charge is -2.25. The van der Waals surface area contributed by atoms with E-state index >= 15 is 4.39 Å². The predicted octanol–water partition coefficient (Wildman–Crippen LogP) is 3.69. The zero-order valence-electron chi connectivity index (χ0n) is 27.0. The molecule has 4 rings (SSSR count). The number of hydrogen-bond acceptors (Lipinski definition) is 15. The first-order valence-electron chi connectivity index (χ1n) is 14.5. The second-order valence-corrected chi connectivity index (χ2v) is 10.5. The van der Waals surface area contributed by atoms with E-state index in [2.05, 4.69) is 9.47 Å². The van der Waals surface area contributed by atoms with E-state index in [0.29, 0.717) is 5.56 Å². The number of fused-ring (bicyclic) bond motifs is 2. The number of nitrogens with zero attached hydrogens (tertiary/aromatic N) is 1. The number of rotatable bonds is 13. The molecule has 0 aromatic heterocycles. The molecule has 264 valence electrons. The standard InChI is InChI=1S/C33H29F2NO14/c1-16-5-25(36(11-31(42)48-14-45-18(3)38)12-32(43)49-15-46-19(4)39)27(41)8-20(16)33-21-6-23(34)26(40)9-28(21)50-29-10-30(24(35)7-22(29)33)47-13-44-17(2)37/h5-10,41H,11-15H2,1-4H3. The molecule has 1 aliphatic heterocycles. The van der Waals surface area contributed by atoms with Crippen LogP contribution < -0.4 is 15.1 Å². The minimum absolute atomic E-state index is 0.0257. The molecule has 50 heavy (non-hydrogen) atoms. The van der Waals surface area contributed by atoms with E-state index < -0.39 is 86.1 Å². The monoisotopic (exact) mass is 701 g/mol. The molecule has 15 nitrogen and oxygen atoms in total. The Morgan fingerprint density at radius 2 is 1.32 bits per heavy atom. The van der Waals surface area contributed by atoms with Crippen molar-refractivity contribution in [3.63, 3.8) is 0 Å². The summed E-state index contributed by atoms with van der Waals surface area (Å²) in [6, 6.07) is 6.49. The van der Waals surface area contributed by atoms with Gasteiger partial charge in [-0.05, 0) is 42.3 Å². The summed E-state index contributed by atoms with van der Waals surface area (Å²) in [6.07, 6.45) is 0. The Kier molecular flexibility index (Phi) is 11.5. The second kappa shape index (κ2) is 15.8. The van der Waals surface area contributed by atoms with E-state index in [0.717, 1.165) is 49.9 Å². The van der Waals surface area contributed by atoms with Crippen molar-refractivity contribution < 1.29 is 70.7 Å². The highest BCUT2D eigenvalue weighted by atomic mass is 19.1. The number of carbonyl (C=O) groups is 5. The van der Waals surface area contributed by atoms with Crippen molar-refractivity contribution in [1.29, 1.82) is 0 Å². The Hall–Kier alpha value is -6.26. The van der Waals surface area contributed by atoms with Gasteiger partial charge in [0.25, 0.3) is 0 Å². The molecular weight excluding hydrogens is 672 g/mol. The van der Waals surface area contributed by atoms with Crippen LogP contribution in [-0.4, -0.2) is 68.4 Å². The maximum atomic E-state index is 15.3. The van der Waals surface area contributed by atoms with Gasteiger partial charge in [0.15, 0.2) is 17.4 Å². The minimum Gasteiger partial charge on any atom is -0.506 e. The van der Waals surface area contributed by atoms with Crippen LogP contribution in [0.1, 0.15) is 26.3 Å². The molecular formula is C33H29F2NO14. The Morgan fingerprint density at radius 1 is 0.740 bits per heavy atom. The van der Waals surface area contributed by atoms with Crippen LogP contribution in [-0.2, 0) is 47.7 Å². The number of phenolic OH excluding ortho intramolecular Hbond substituents is 1. The van der Waals surface area contributed by atoms with Crippen LogP contribution in [0.15, 0.2) is 45.6 Å². The summed E-state index contributed by atoms with van der Waals surface area (Å²) in [6.45, 7) is 1.45. The lowest BCUT2D eigenvalue weighted by Crippen LogP contribution is -2.37. The van der Waals surface area contributed by atoms with Crippen molar-refractivity contribution in [2.45, 2.75) is 27.7 Å². The zero-order chi connectivity index (χ0) is 36.7. The number of esters is 5. The highest BCUT2D eigenvalue weighted by molar-refractivity contribution is 6.03. The number of ether oxygens (including phenoxy) is 6. The van der Waals surface area contributed by atoms with Gasteiger partial charge in [-0.2, -0.15) is 0 Å². The van der Waals surface area contributed by atoms with Gasteiger partial charge in [0.2, 0.25) is 25.8 Å². The van der Waals surface area contributed by atoms with Gasteiger partial charge in [0.1, 0.15) is 30.2 Å².